The number of amides is 1. The summed E-state index contributed by atoms with van der Waals surface area (Å²) in [6.45, 7) is 4.19. The third kappa shape index (κ3) is 4.78. The first kappa shape index (κ1) is 19.2. The van der Waals surface area contributed by atoms with Gasteiger partial charge in [0.15, 0.2) is 11.5 Å². The Balaban J connectivity index is 1.80. The Morgan fingerprint density at radius 2 is 1.81 bits per heavy atom. The van der Waals surface area contributed by atoms with E-state index >= 15 is 0 Å². The highest BCUT2D eigenvalue weighted by Gasteiger charge is 2.21. The van der Waals surface area contributed by atoms with E-state index in [1.807, 2.05) is 0 Å². The van der Waals surface area contributed by atoms with Crippen LogP contribution in [0.1, 0.15) is 31.9 Å². The number of carbonyl (C=O) groups is 1. The summed E-state index contributed by atoms with van der Waals surface area (Å²) in [4.78, 5) is 11.3. The summed E-state index contributed by atoms with van der Waals surface area (Å²) in [6.07, 6.45) is 0.747. The van der Waals surface area contributed by atoms with E-state index in [1.54, 1.807) is 37.3 Å². The van der Waals surface area contributed by atoms with Gasteiger partial charge in [0.2, 0.25) is 15.9 Å². The van der Waals surface area contributed by atoms with Crippen LogP contribution < -0.4 is 19.5 Å². The van der Waals surface area contributed by atoms with Crippen molar-refractivity contribution in [2.24, 2.45) is 0 Å². The predicted octanol–water partition coefficient (Wildman–Crippen LogP) is 2.85. The van der Waals surface area contributed by atoms with Crippen molar-refractivity contribution in [3.05, 3.63) is 48.0 Å². The van der Waals surface area contributed by atoms with Gasteiger partial charge in [0.1, 0.15) is 0 Å². The third-order valence-corrected chi connectivity index (χ3v) is 5.61. The van der Waals surface area contributed by atoms with Crippen molar-refractivity contribution in [2.45, 2.75) is 31.2 Å². The summed E-state index contributed by atoms with van der Waals surface area (Å²) >= 11 is 0. The standard InChI is InChI=1S/C19H22N2O5S/c1-13(15-5-3-6-16(11-15)20-14(2)22)21-27(23,24)17-7-8-18-19(12-17)26-10-4-9-25-18/h3,5-8,11-13,21H,4,9-10H2,1-2H3,(H,20,22). The van der Waals surface area contributed by atoms with Crippen LogP contribution in [0.4, 0.5) is 5.69 Å². The maximum atomic E-state index is 12.8. The molecule has 2 N–H and O–H groups in total. The molecule has 0 aromatic heterocycles. The van der Waals surface area contributed by atoms with Crippen LogP contribution in [0.2, 0.25) is 0 Å². The highest BCUT2D eigenvalue weighted by Crippen LogP contribution is 2.32. The van der Waals surface area contributed by atoms with E-state index in [4.69, 9.17) is 9.47 Å². The van der Waals surface area contributed by atoms with E-state index in [0.717, 1.165) is 12.0 Å². The number of sulfonamides is 1. The molecular formula is C19H22N2O5S. The summed E-state index contributed by atoms with van der Waals surface area (Å²) in [5.74, 6) is 0.783. The average molecular weight is 390 g/mol. The number of carbonyl (C=O) groups excluding carboxylic acids is 1. The lowest BCUT2D eigenvalue weighted by Crippen LogP contribution is -2.27. The molecule has 1 unspecified atom stereocenters. The van der Waals surface area contributed by atoms with Crippen LogP contribution in [0, 0.1) is 0 Å². The second-order valence-corrected chi connectivity index (χ2v) is 8.02. The molecule has 1 atom stereocenters. The maximum absolute atomic E-state index is 12.8. The molecule has 0 saturated heterocycles. The number of anilines is 1. The second-order valence-electron chi connectivity index (χ2n) is 6.31. The molecule has 144 valence electrons. The number of ether oxygens (including phenoxy) is 2. The van der Waals surface area contributed by atoms with Gasteiger partial charge in [-0.2, -0.15) is 0 Å². The van der Waals surface area contributed by atoms with Gasteiger partial charge in [-0.15, -0.1) is 0 Å². The number of nitrogens with one attached hydrogen (secondary N) is 2. The summed E-state index contributed by atoms with van der Waals surface area (Å²) in [6, 6.07) is 11.1. The molecular weight excluding hydrogens is 368 g/mol. The van der Waals surface area contributed by atoms with Gasteiger partial charge >= 0.3 is 0 Å². The predicted molar refractivity (Wildman–Crippen MR) is 102 cm³/mol. The van der Waals surface area contributed by atoms with Crippen molar-refractivity contribution in [2.75, 3.05) is 18.5 Å². The monoisotopic (exact) mass is 390 g/mol. The Kier molecular flexibility index (Phi) is 5.67. The van der Waals surface area contributed by atoms with Crippen molar-refractivity contribution in [1.29, 1.82) is 0 Å². The van der Waals surface area contributed by atoms with E-state index in [1.165, 1.54) is 19.1 Å². The minimum atomic E-state index is -3.76. The highest BCUT2D eigenvalue weighted by molar-refractivity contribution is 7.89. The summed E-state index contributed by atoms with van der Waals surface area (Å²) in [5.41, 5.74) is 1.35. The fraction of sp³-hybridized carbons (Fsp3) is 0.316. The zero-order chi connectivity index (χ0) is 19.4. The van der Waals surface area contributed by atoms with Crippen LogP contribution in [0.5, 0.6) is 11.5 Å². The Morgan fingerprint density at radius 3 is 2.56 bits per heavy atom. The Bertz CT molecular complexity index is 943. The molecule has 1 heterocycles. The quantitative estimate of drug-likeness (QED) is 0.819. The molecule has 27 heavy (non-hydrogen) atoms. The number of hydrogen-bond acceptors (Lipinski definition) is 5. The largest absolute Gasteiger partial charge is 0.490 e. The van der Waals surface area contributed by atoms with Crippen LogP contribution in [-0.4, -0.2) is 27.5 Å². The lowest BCUT2D eigenvalue weighted by molar-refractivity contribution is -0.114. The highest BCUT2D eigenvalue weighted by atomic mass is 32.2. The molecule has 2 aromatic rings. The Labute approximate surface area is 158 Å². The molecule has 0 spiro atoms. The fourth-order valence-electron chi connectivity index (χ4n) is 2.77. The van der Waals surface area contributed by atoms with Gasteiger partial charge in [-0.25, -0.2) is 13.1 Å². The molecule has 0 saturated carbocycles. The smallest absolute Gasteiger partial charge is 0.241 e. The summed E-state index contributed by atoms with van der Waals surface area (Å²) in [5, 5.41) is 2.69. The van der Waals surface area contributed by atoms with E-state index in [0.29, 0.717) is 30.4 Å². The molecule has 0 fully saturated rings. The molecule has 0 bridgehead atoms. The van der Waals surface area contributed by atoms with Crippen molar-refractivity contribution in [1.82, 2.24) is 4.72 Å². The van der Waals surface area contributed by atoms with Crippen LogP contribution in [-0.2, 0) is 14.8 Å². The Hall–Kier alpha value is -2.58. The maximum Gasteiger partial charge on any atom is 0.241 e. The number of benzene rings is 2. The molecule has 3 rings (SSSR count). The molecule has 1 aliphatic rings. The van der Waals surface area contributed by atoms with Gasteiger partial charge < -0.3 is 14.8 Å². The van der Waals surface area contributed by atoms with Crippen LogP contribution in [0.3, 0.4) is 0 Å². The lowest BCUT2D eigenvalue weighted by Gasteiger charge is -2.16. The van der Waals surface area contributed by atoms with Gasteiger partial charge in [-0.05, 0) is 36.8 Å². The first-order chi connectivity index (χ1) is 12.8. The summed E-state index contributed by atoms with van der Waals surface area (Å²) in [7, 11) is -3.76. The first-order valence-corrected chi connectivity index (χ1v) is 10.1. The third-order valence-electron chi connectivity index (χ3n) is 4.07. The molecule has 0 radical (unpaired) electrons. The number of fused-ring (bicyclic) bond motifs is 1. The zero-order valence-electron chi connectivity index (χ0n) is 15.2. The topological polar surface area (TPSA) is 93.7 Å². The second kappa shape index (κ2) is 7.98. The molecule has 7 nitrogen and oxygen atoms in total. The van der Waals surface area contributed by atoms with Gasteiger partial charge in [-0.1, -0.05) is 12.1 Å². The average Bonchev–Trinajstić information content (AvgIpc) is 2.85. The number of rotatable bonds is 5. The Morgan fingerprint density at radius 1 is 1.07 bits per heavy atom. The molecule has 1 amide bonds. The van der Waals surface area contributed by atoms with Gasteiger partial charge in [0.25, 0.3) is 0 Å². The van der Waals surface area contributed by atoms with E-state index in [-0.39, 0.29) is 10.8 Å². The van der Waals surface area contributed by atoms with Gasteiger partial charge in [0, 0.05) is 31.1 Å². The normalized spacial score (nSPS) is 14.9. The van der Waals surface area contributed by atoms with Crippen LogP contribution in [0.25, 0.3) is 0 Å². The SMILES string of the molecule is CC(=O)Nc1cccc(C(C)NS(=O)(=O)c2ccc3c(c2)OCCCO3)c1. The van der Waals surface area contributed by atoms with Crippen molar-refractivity contribution in [3.63, 3.8) is 0 Å². The molecule has 8 heteroatoms. The zero-order valence-corrected chi connectivity index (χ0v) is 16.0. The summed E-state index contributed by atoms with van der Waals surface area (Å²) < 4.78 is 39.3. The fourth-order valence-corrected chi connectivity index (χ4v) is 4.02. The molecule has 0 aliphatic carbocycles. The van der Waals surface area contributed by atoms with Crippen LogP contribution >= 0.6 is 0 Å². The van der Waals surface area contributed by atoms with E-state index in [9.17, 15) is 13.2 Å². The lowest BCUT2D eigenvalue weighted by atomic mass is 10.1. The first-order valence-electron chi connectivity index (χ1n) is 8.65. The van der Waals surface area contributed by atoms with Crippen molar-refractivity contribution < 1.29 is 22.7 Å². The van der Waals surface area contributed by atoms with Crippen molar-refractivity contribution in [3.8, 4) is 11.5 Å². The molecule has 1 aliphatic heterocycles. The van der Waals surface area contributed by atoms with E-state index in [2.05, 4.69) is 10.0 Å². The van der Waals surface area contributed by atoms with Crippen molar-refractivity contribution >= 4 is 21.6 Å². The van der Waals surface area contributed by atoms with Gasteiger partial charge in [-0.3, -0.25) is 4.79 Å². The minimum Gasteiger partial charge on any atom is -0.490 e. The molecule has 2 aromatic carbocycles. The van der Waals surface area contributed by atoms with E-state index < -0.39 is 16.1 Å². The number of hydrogen-bond donors (Lipinski definition) is 2. The minimum absolute atomic E-state index is 0.108. The van der Waals surface area contributed by atoms with Gasteiger partial charge in [0.05, 0.1) is 18.1 Å². The van der Waals surface area contributed by atoms with Crippen LogP contribution in [0.15, 0.2) is 47.4 Å².